The average Bonchev–Trinajstić information content (AvgIpc) is 3.08. The summed E-state index contributed by atoms with van der Waals surface area (Å²) >= 11 is 1.42. The smallest absolute Gasteiger partial charge is 0.257 e. The second-order valence-corrected chi connectivity index (χ2v) is 6.55. The van der Waals surface area contributed by atoms with Crippen molar-refractivity contribution in [2.24, 2.45) is 0 Å². The molecular weight excluding hydrogens is 312 g/mol. The van der Waals surface area contributed by atoms with Gasteiger partial charge in [0.15, 0.2) is 16.6 Å². The van der Waals surface area contributed by atoms with Crippen LogP contribution < -0.4 is 14.8 Å². The van der Waals surface area contributed by atoms with Gasteiger partial charge in [0, 0.05) is 17.7 Å². The first-order valence-corrected chi connectivity index (χ1v) is 8.00. The van der Waals surface area contributed by atoms with E-state index in [0.717, 1.165) is 21.3 Å². The number of fused-ring (bicyclic) bond motifs is 2. The van der Waals surface area contributed by atoms with E-state index in [1.165, 1.54) is 11.3 Å². The first-order valence-electron chi connectivity index (χ1n) is 7.18. The molecule has 0 atom stereocenters. The van der Waals surface area contributed by atoms with Crippen molar-refractivity contribution in [3.8, 4) is 11.5 Å². The summed E-state index contributed by atoms with van der Waals surface area (Å²) in [5, 5.41) is 3.43. The Bertz CT molecular complexity index is 872. The Morgan fingerprint density at radius 1 is 1.09 bits per heavy atom. The van der Waals surface area contributed by atoms with Gasteiger partial charge in [-0.25, -0.2) is 4.98 Å². The van der Waals surface area contributed by atoms with Gasteiger partial charge in [-0.3, -0.25) is 10.1 Å². The fraction of sp³-hybridized carbons (Fsp3) is 0.176. The molecule has 4 rings (SSSR count). The summed E-state index contributed by atoms with van der Waals surface area (Å²) in [7, 11) is 0. The van der Waals surface area contributed by atoms with Crippen molar-refractivity contribution in [2.75, 3.05) is 12.1 Å². The number of rotatable bonds is 2. The molecule has 1 amide bonds. The third kappa shape index (κ3) is 2.61. The predicted molar refractivity (Wildman–Crippen MR) is 89.6 cm³/mol. The normalized spacial score (nSPS) is 12.6. The van der Waals surface area contributed by atoms with Crippen molar-refractivity contribution in [3.63, 3.8) is 0 Å². The number of ether oxygens (including phenoxy) is 2. The minimum atomic E-state index is -0.157. The molecule has 116 valence electrons. The molecule has 0 aliphatic carbocycles. The molecule has 23 heavy (non-hydrogen) atoms. The molecule has 0 fully saturated rings. The summed E-state index contributed by atoms with van der Waals surface area (Å²) in [6, 6.07) is 9.50. The van der Waals surface area contributed by atoms with Crippen LogP contribution in [0.15, 0.2) is 30.3 Å². The largest absolute Gasteiger partial charge is 0.454 e. The van der Waals surface area contributed by atoms with Gasteiger partial charge in [0.05, 0.1) is 10.2 Å². The van der Waals surface area contributed by atoms with E-state index in [4.69, 9.17) is 9.47 Å². The molecule has 1 N–H and O–H groups in total. The van der Waals surface area contributed by atoms with Crippen molar-refractivity contribution in [1.82, 2.24) is 4.98 Å². The number of hydrogen-bond acceptors (Lipinski definition) is 5. The van der Waals surface area contributed by atoms with Crippen LogP contribution >= 0.6 is 11.3 Å². The van der Waals surface area contributed by atoms with Crippen LogP contribution in [0.1, 0.15) is 21.5 Å². The van der Waals surface area contributed by atoms with Crippen LogP contribution in [0.5, 0.6) is 11.5 Å². The number of anilines is 1. The predicted octanol–water partition coefficient (Wildman–Crippen LogP) is 3.89. The third-order valence-electron chi connectivity index (χ3n) is 3.59. The summed E-state index contributed by atoms with van der Waals surface area (Å²) in [6.45, 7) is 4.19. The number of benzene rings is 2. The fourth-order valence-corrected chi connectivity index (χ4v) is 3.52. The number of amides is 1. The summed E-state index contributed by atoms with van der Waals surface area (Å²) in [5.74, 6) is 1.25. The topological polar surface area (TPSA) is 60.5 Å². The summed E-state index contributed by atoms with van der Waals surface area (Å²) in [5.41, 5.74) is 3.54. The molecule has 0 saturated heterocycles. The van der Waals surface area contributed by atoms with Crippen LogP contribution in [0.25, 0.3) is 10.2 Å². The monoisotopic (exact) mass is 326 g/mol. The third-order valence-corrected chi connectivity index (χ3v) is 4.52. The van der Waals surface area contributed by atoms with Gasteiger partial charge in [0.1, 0.15) is 0 Å². The molecule has 5 nitrogen and oxygen atoms in total. The Balaban J connectivity index is 1.63. The summed E-state index contributed by atoms with van der Waals surface area (Å²) in [6.07, 6.45) is 0. The molecule has 3 aromatic rings. The molecular formula is C17H14N2O3S. The molecule has 1 aliphatic heterocycles. The zero-order valence-corrected chi connectivity index (χ0v) is 13.5. The fourth-order valence-electron chi connectivity index (χ4n) is 2.65. The molecule has 0 saturated carbocycles. The molecule has 2 aromatic carbocycles. The maximum atomic E-state index is 12.4. The molecule has 1 aliphatic rings. The maximum Gasteiger partial charge on any atom is 0.257 e. The van der Waals surface area contributed by atoms with Gasteiger partial charge >= 0.3 is 0 Å². The van der Waals surface area contributed by atoms with Gasteiger partial charge < -0.3 is 9.47 Å². The number of carbonyl (C=O) groups excluding carboxylic acids is 1. The number of carbonyl (C=O) groups is 1. The Hall–Kier alpha value is -2.60. The van der Waals surface area contributed by atoms with Gasteiger partial charge in [-0.2, -0.15) is 0 Å². The standard InChI is InChI=1S/C17H14N2O3S/c1-9-3-10(2)5-11(4-9)16(20)19-17-18-12-6-13-14(22-8-21-13)7-15(12)23-17/h3-7H,8H2,1-2H3,(H,18,19,20). The van der Waals surface area contributed by atoms with Crippen LogP contribution in [0.3, 0.4) is 0 Å². The van der Waals surface area contributed by atoms with E-state index in [1.807, 2.05) is 44.2 Å². The zero-order chi connectivity index (χ0) is 16.0. The van der Waals surface area contributed by atoms with Crippen molar-refractivity contribution < 1.29 is 14.3 Å². The number of aryl methyl sites for hydroxylation is 2. The van der Waals surface area contributed by atoms with Gasteiger partial charge in [0.2, 0.25) is 6.79 Å². The number of nitrogens with one attached hydrogen (secondary N) is 1. The lowest BCUT2D eigenvalue weighted by molar-refractivity contribution is 0.102. The van der Waals surface area contributed by atoms with E-state index in [-0.39, 0.29) is 12.7 Å². The average molecular weight is 326 g/mol. The minimum absolute atomic E-state index is 0.157. The van der Waals surface area contributed by atoms with Crippen molar-refractivity contribution in [2.45, 2.75) is 13.8 Å². The van der Waals surface area contributed by atoms with Crippen LogP contribution in [0.4, 0.5) is 5.13 Å². The van der Waals surface area contributed by atoms with Crippen molar-refractivity contribution in [3.05, 3.63) is 47.0 Å². The highest BCUT2D eigenvalue weighted by molar-refractivity contribution is 7.22. The van der Waals surface area contributed by atoms with Crippen LogP contribution in [-0.2, 0) is 0 Å². The first-order chi connectivity index (χ1) is 11.1. The van der Waals surface area contributed by atoms with E-state index in [9.17, 15) is 4.79 Å². The molecule has 0 bridgehead atoms. The molecule has 0 unspecified atom stereocenters. The lowest BCUT2D eigenvalue weighted by Crippen LogP contribution is -2.12. The number of hydrogen-bond donors (Lipinski definition) is 1. The van der Waals surface area contributed by atoms with Gasteiger partial charge in [-0.1, -0.05) is 28.5 Å². The molecule has 2 heterocycles. The first kappa shape index (κ1) is 14.0. The summed E-state index contributed by atoms with van der Waals surface area (Å²) in [4.78, 5) is 16.9. The van der Waals surface area contributed by atoms with Gasteiger partial charge in [-0.05, 0) is 26.0 Å². The number of nitrogens with zero attached hydrogens (tertiary/aromatic N) is 1. The van der Waals surface area contributed by atoms with E-state index >= 15 is 0 Å². The van der Waals surface area contributed by atoms with Crippen molar-refractivity contribution >= 4 is 32.6 Å². The number of aromatic nitrogens is 1. The Morgan fingerprint density at radius 2 is 1.78 bits per heavy atom. The highest BCUT2D eigenvalue weighted by atomic mass is 32.1. The maximum absolute atomic E-state index is 12.4. The van der Waals surface area contributed by atoms with Gasteiger partial charge in [-0.15, -0.1) is 0 Å². The highest BCUT2D eigenvalue weighted by Crippen LogP contribution is 2.39. The van der Waals surface area contributed by atoms with E-state index < -0.39 is 0 Å². The van der Waals surface area contributed by atoms with Crippen LogP contribution in [0, 0.1) is 13.8 Å². The lowest BCUT2D eigenvalue weighted by Gasteiger charge is -2.04. The van der Waals surface area contributed by atoms with Crippen LogP contribution in [-0.4, -0.2) is 17.7 Å². The Morgan fingerprint density at radius 3 is 2.52 bits per heavy atom. The Kier molecular flexibility index (Phi) is 3.20. The summed E-state index contributed by atoms with van der Waals surface area (Å²) < 4.78 is 11.7. The Labute approximate surface area is 136 Å². The highest BCUT2D eigenvalue weighted by Gasteiger charge is 2.17. The second kappa shape index (κ2) is 5.24. The molecule has 0 radical (unpaired) electrons. The van der Waals surface area contributed by atoms with Crippen molar-refractivity contribution in [1.29, 1.82) is 0 Å². The van der Waals surface area contributed by atoms with E-state index in [0.29, 0.717) is 22.2 Å². The van der Waals surface area contributed by atoms with E-state index in [2.05, 4.69) is 10.3 Å². The molecule has 6 heteroatoms. The van der Waals surface area contributed by atoms with Gasteiger partial charge in [0.25, 0.3) is 5.91 Å². The zero-order valence-electron chi connectivity index (χ0n) is 12.7. The minimum Gasteiger partial charge on any atom is -0.454 e. The quantitative estimate of drug-likeness (QED) is 0.776. The second-order valence-electron chi connectivity index (χ2n) is 5.52. The lowest BCUT2D eigenvalue weighted by atomic mass is 10.1. The molecule has 1 aromatic heterocycles. The number of thiazole rings is 1. The SMILES string of the molecule is Cc1cc(C)cc(C(=O)Nc2nc3cc4c(cc3s2)OCO4)c1. The molecule has 0 spiro atoms. The van der Waals surface area contributed by atoms with E-state index in [1.54, 1.807) is 0 Å². The van der Waals surface area contributed by atoms with Crippen LogP contribution in [0.2, 0.25) is 0 Å².